The van der Waals surface area contributed by atoms with E-state index in [4.69, 9.17) is 4.52 Å². The molecule has 0 bridgehead atoms. The van der Waals surface area contributed by atoms with Crippen molar-refractivity contribution in [3.8, 4) is 0 Å². The molecule has 0 aromatic carbocycles. The van der Waals surface area contributed by atoms with Crippen molar-refractivity contribution in [3.05, 3.63) is 56.6 Å². The first-order valence-electron chi connectivity index (χ1n) is 9.10. The zero-order valence-electron chi connectivity index (χ0n) is 15.5. The number of rotatable bonds is 6. The van der Waals surface area contributed by atoms with Gasteiger partial charge >= 0.3 is 0 Å². The second-order valence-electron chi connectivity index (χ2n) is 6.90. The topological polar surface area (TPSA) is 87.1 Å². The Labute approximate surface area is 161 Å². The van der Waals surface area contributed by atoms with Gasteiger partial charge in [-0.15, -0.1) is 11.3 Å². The van der Waals surface area contributed by atoms with Crippen LogP contribution >= 0.6 is 11.3 Å². The quantitative estimate of drug-likeness (QED) is 0.681. The molecule has 142 valence electrons. The summed E-state index contributed by atoms with van der Waals surface area (Å²) in [5.74, 6) is 0.910. The van der Waals surface area contributed by atoms with Crippen LogP contribution in [0.25, 0.3) is 0 Å². The van der Waals surface area contributed by atoms with E-state index < -0.39 is 0 Å². The Bertz CT molecular complexity index is 909. The van der Waals surface area contributed by atoms with Gasteiger partial charge in [0.2, 0.25) is 0 Å². The maximum atomic E-state index is 12.6. The molecule has 2 N–H and O–H groups in total. The molecule has 0 unspecified atom stereocenters. The second-order valence-corrected chi connectivity index (χ2v) is 7.86. The van der Waals surface area contributed by atoms with Crippen molar-refractivity contribution in [2.24, 2.45) is 0 Å². The van der Waals surface area contributed by atoms with Gasteiger partial charge in [0.05, 0.1) is 17.6 Å². The van der Waals surface area contributed by atoms with Crippen LogP contribution in [0.2, 0.25) is 0 Å². The zero-order chi connectivity index (χ0) is 18.8. The standard InChI is InChI=1S/C19H23N5O2S/c1-12-16(13(2)26-23-12)8-24-6-4-15-17(10-27-18(15)9-24)19(25)21-5-3-14-7-20-11-22-14/h7,10-11H,3-6,8-9H2,1-2H3,(H,20,22)(H,21,25). The third-order valence-corrected chi connectivity index (χ3v) is 6.08. The molecule has 0 saturated heterocycles. The molecule has 1 aliphatic heterocycles. The molecule has 7 nitrogen and oxygen atoms in total. The van der Waals surface area contributed by atoms with Crippen LogP contribution in [0.1, 0.15) is 43.5 Å². The summed E-state index contributed by atoms with van der Waals surface area (Å²) in [6.07, 6.45) is 5.09. The molecule has 3 aromatic heterocycles. The van der Waals surface area contributed by atoms with Crippen LogP contribution in [0.4, 0.5) is 0 Å². The van der Waals surface area contributed by atoms with Gasteiger partial charge in [-0.2, -0.15) is 0 Å². The van der Waals surface area contributed by atoms with Crippen molar-refractivity contribution in [1.29, 1.82) is 0 Å². The molecule has 1 aliphatic rings. The number of nitrogens with one attached hydrogen (secondary N) is 2. The lowest BCUT2D eigenvalue weighted by Crippen LogP contribution is -2.31. The number of nitrogens with zero attached hydrogens (tertiary/aromatic N) is 3. The van der Waals surface area contributed by atoms with Crippen molar-refractivity contribution < 1.29 is 9.32 Å². The largest absolute Gasteiger partial charge is 0.361 e. The van der Waals surface area contributed by atoms with Crippen molar-refractivity contribution in [3.63, 3.8) is 0 Å². The lowest BCUT2D eigenvalue weighted by atomic mass is 10.0. The molecule has 0 spiro atoms. The molecule has 0 atom stereocenters. The van der Waals surface area contributed by atoms with Gasteiger partial charge < -0.3 is 14.8 Å². The smallest absolute Gasteiger partial charge is 0.252 e. The van der Waals surface area contributed by atoms with E-state index in [1.165, 1.54) is 16.0 Å². The summed E-state index contributed by atoms with van der Waals surface area (Å²) in [7, 11) is 0. The molecular weight excluding hydrogens is 362 g/mol. The van der Waals surface area contributed by atoms with Gasteiger partial charge in [-0.25, -0.2) is 4.98 Å². The summed E-state index contributed by atoms with van der Waals surface area (Å²) >= 11 is 1.68. The summed E-state index contributed by atoms with van der Waals surface area (Å²) in [6, 6.07) is 0. The van der Waals surface area contributed by atoms with Crippen LogP contribution in [0, 0.1) is 13.8 Å². The van der Waals surface area contributed by atoms with Crippen LogP contribution in [0.15, 0.2) is 22.4 Å². The Morgan fingerprint density at radius 3 is 3.07 bits per heavy atom. The predicted molar refractivity (Wildman–Crippen MR) is 103 cm³/mol. The molecule has 0 saturated carbocycles. The second kappa shape index (κ2) is 7.66. The van der Waals surface area contributed by atoms with Crippen molar-refractivity contribution >= 4 is 17.2 Å². The molecule has 0 aliphatic carbocycles. The number of H-pyrrole nitrogens is 1. The van der Waals surface area contributed by atoms with Gasteiger partial charge in [0, 0.05) is 60.3 Å². The Kier molecular flexibility index (Phi) is 5.09. The molecule has 0 radical (unpaired) electrons. The summed E-state index contributed by atoms with van der Waals surface area (Å²) in [5.41, 5.74) is 5.19. The highest BCUT2D eigenvalue weighted by atomic mass is 32.1. The number of fused-ring (bicyclic) bond motifs is 1. The molecule has 8 heteroatoms. The first kappa shape index (κ1) is 17.9. The maximum absolute atomic E-state index is 12.6. The fraction of sp³-hybridized carbons (Fsp3) is 0.421. The fourth-order valence-electron chi connectivity index (χ4n) is 3.49. The van der Waals surface area contributed by atoms with E-state index in [0.29, 0.717) is 6.54 Å². The van der Waals surface area contributed by atoms with Gasteiger partial charge in [-0.1, -0.05) is 5.16 Å². The third kappa shape index (κ3) is 3.81. The number of aromatic nitrogens is 3. The highest BCUT2D eigenvalue weighted by Gasteiger charge is 2.25. The highest BCUT2D eigenvalue weighted by molar-refractivity contribution is 7.10. The van der Waals surface area contributed by atoms with Crippen molar-refractivity contribution in [2.75, 3.05) is 13.1 Å². The number of amides is 1. The molecule has 1 amide bonds. The molecule has 4 rings (SSSR count). The molecule has 3 aromatic rings. The number of hydrogen-bond acceptors (Lipinski definition) is 6. The zero-order valence-corrected chi connectivity index (χ0v) is 16.4. The monoisotopic (exact) mass is 385 g/mol. The van der Waals surface area contributed by atoms with E-state index in [0.717, 1.165) is 55.2 Å². The minimum atomic E-state index is 0.0196. The van der Waals surface area contributed by atoms with Crippen LogP contribution in [-0.4, -0.2) is 39.0 Å². The lowest BCUT2D eigenvalue weighted by Gasteiger charge is -2.27. The summed E-state index contributed by atoms with van der Waals surface area (Å²) in [6.45, 7) is 7.18. The molecule has 0 fully saturated rings. The molecule has 27 heavy (non-hydrogen) atoms. The number of thiophene rings is 1. The summed E-state index contributed by atoms with van der Waals surface area (Å²) < 4.78 is 5.27. The SMILES string of the molecule is Cc1noc(C)c1CN1CCc2c(C(=O)NCCc3cnc[nH]3)csc2C1. The Hall–Kier alpha value is -2.45. The van der Waals surface area contributed by atoms with Gasteiger partial charge in [0.15, 0.2) is 0 Å². The minimum absolute atomic E-state index is 0.0196. The normalized spacial score (nSPS) is 14.3. The number of carbonyl (C=O) groups is 1. The van der Waals surface area contributed by atoms with E-state index in [1.54, 1.807) is 23.9 Å². The lowest BCUT2D eigenvalue weighted by molar-refractivity contribution is 0.0952. The number of hydrogen-bond donors (Lipinski definition) is 2. The summed E-state index contributed by atoms with van der Waals surface area (Å²) in [5, 5.41) is 9.06. The number of carbonyl (C=O) groups excluding carboxylic acids is 1. The van der Waals surface area contributed by atoms with Gasteiger partial charge in [-0.05, 0) is 25.8 Å². The van der Waals surface area contributed by atoms with E-state index >= 15 is 0 Å². The maximum Gasteiger partial charge on any atom is 0.252 e. The highest BCUT2D eigenvalue weighted by Crippen LogP contribution is 2.30. The van der Waals surface area contributed by atoms with E-state index in [1.807, 2.05) is 19.2 Å². The van der Waals surface area contributed by atoms with Crippen LogP contribution in [0.3, 0.4) is 0 Å². The van der Waals surface area contributed by atoms with Gasteiger partial charge in [0.1, 0.15) is 5.76 Å². The van der Waals surface area contributed by atoms with Crippen molar-refractivity contribution in [1.82, 2.24) is 25.3 Å². The average molecular weight is 385 g/mol. The number of aryl methyl sites for hydroxylation is 2. The predicted octanol–water partition coefficient (Wildman–Crippen LogP) is 2.61. The summed E-state index contributed by atoms with van der Waals surface area (Å²) in [4.78, 5) is 23.3. The number of imidazole rings is 1. The average Bonchev–Trinajstić information content (AvgIpc) is 3.38. The Balaban J connectivity index is 1.37. The van der Waals surface area contributed by atoms with E-state index in [-0.39, 0.29) is 5.91 Å². The van der Waals surface area contributed by atoms with Crippen LogP contribution in [0.5, 0.6) is 0 Å². The minimum Gasteiger partial charge on any atom is -0.361 e. The third-order valence-electron chi connectivity index (χ3n) is 5.07. The van der Waals surface area contributed by atoms with E-state index in [2.05, 4.69) is 25.3 Å². The van der Waals surface area contributed by atoms with Crippen LogP contribution in [-0.2, 0) is 25.9 Å². The fourth-order valence-corrected chi connectivity index (χ4v) is 4.61. The molecular formula is C19H23N5O2S. The number of aromatic amines is 1. The Morgan fingerprint density at radius 1 is 1.44 bits per heavy atom. The van der Waals surface area contributed by atoms with Crippen molar-refractivity contribution in [2.45, 2.75) is 39.8 Å². The molecule has 4 heterocycles. The first-order valence-corrected chi connectivity index (χ1v) is 9.98. The van der Waals surface area contributed by atoms with Gasteiger partial charge in [0.25, 0.3) is 5.91 Å². The first-order chi connectivity index (χ1) is 13.1. The van der Waals surface area contributed by atoms with Crippen LogP contribution < -0.4 is 5.32 Å². The van der Waals surface area contributed by atoms with E-state index in [9.17, 15) is 4.79 Å². The van der Waals surface area contributed by atoms with Gasteiger partial charge in [-0.3, -0.25) is 9.69 Å². The Morgan fingerprint density at radius 2 is 2.33 bits per heavy atom.